The van der Waals surface area contributed by atoms with Crippen molar-refractivity contribution in [3.8, 4) is 11.1 Å². The maximum atomic E-state index is 12.7. The van der Waals surface area contributed by atoms with Crippen LogP contribution in [0.5, 0.6) is 0 Å². The fraction of sp³-hybridized carbons (Fsp3) is 0.400. The number of nitrogens with zero attached hydrogens (tertiary/aromatic N) is 3. The highest BCUT2D eigenvalue weighted by Gasteiger charge is 2.23. The molecule has 4 rings (SSSR count). The molecular weight excluding hydrogens is 570 g/mol. The number of benzene rings is 3. The van der Waals surface area contributed by atoms with Crippen LogP contribution in [0, 0.1) is 0 Å². The van der Waals surface area contributed by atoms with Crippen molar-refractivity contribution in [3.63, 3.8) is 0 Å². The molecule has 1 saturated heterocycles. The summed E-state index contributed by atoms with van der Waals surface area (Å²) in [4.78, 5) is 42.5. The largest absolute Gasteiger partial charge is 0.465 e. The standard InChI is InChI=1S/C35H45N5O5/c1-36-28-16-18-29(19-17-28)40(35(43)44)22-10-4-7-15-33(41)38(2)25-26-39-23-20-30(21-24-39)45-34(42)37-32-14-9-8-13-31(32)27-11-5-3-6-12-27/h3,5-6,8-9,11-14,16-19,30,36H,4,7,10,15,20-26H2,1-2H3,(H,37,42)(H,43,44). The number of para-hydroxylation sites is 1. The molecule has 3 N–H and O–H groups in total. The van der Waals surface area contributed by atoms with Gasteiger partial charge in [-0.2, -0.15) is 0 Å². The van der Waals surface area contributed by atoms with Crippen molar-refractivity contribution in [1.29, 1.82) is 0 Å². The number of likely N-dealkylation sites (tertiary alicyclic amines) is 1. The zero-order valence-corrected chi connectivity index (χ0v) is 26.3. The third kappa shape index (κ3) is 10.2. The molecule has 1 fully saturated rings. The van der Waals surface area contributed by atoms with E-state index in [9.17, 15) is 19.5 Å². The number of ether oxygens (including phenoxy) is 1. The van der Waals surface area contributed by atoms with Crippen LogP contribution in [0.2, 0.25) is 0 Å². The maximum Gasteiger partial charge on any atom is 0.411 e. The molecule has 10 nitrogen and oxygen atoms in total. The quantitative estimate of drug-likeness (QED) is 0.175. The number of piperidine rings is 1. The minimum Gasteiger partial charge on any atom is -0.465 e. The molecule has 10 heteroatoms. The number of amides is 3. The van der Waals surface area contributed by atoms with E-state index in [4.69, 9.17) is 4.74 Å². The Morgan fingerprint density at radius 1 is 0.889 bits per heavy atom. The lowest BCUT2D eigenvalue weighted by molar-refractivity contribution is -0.130. The summed E-state index contributed by atoms with van der Waals surface area (Å²) in [6.07, 6.45) is 2.55. The van der Waals surface area contributed by atoms with Crippen molar-refractivity contribution >= 4 is 35.2 Å². The van der Waals surface area contributed by atoms with Crippen LogP contribution in [0.3, 0.4) is 0 Å². The molecule has 1 heterocycles. The Morgan fingerprint density at radius 3 is 2.27 bits per heavy atom. The molecule has 0 atom stereocenters. The van der Waals surface area contributed by atoms with Crippen LogP contribution in [-0.4, -0.2) is 85.9 Å². The van der Waals surface area contributed by atoms with Gasteiger partial charge < -0.3 is 25.0 Å². The predicted molar refractivity (Wildman–Crippen MR) is 179 cm³/mol. The number of nitrogens with one attached hydrogen (secondary N) is 2. The van der Waals surface area contributed by atoms with Crippen LogP contribution < -0.4 is 15.5 Å². The van der Waals surface area contributed by atoms with E-state index in [2.05, 4.69) is 15.5 Å². The summed E-state index contributed by atoms with van der Waals surface area (Å²) in [5.74, 6) is 0.0958. The van der Waals surface area contributed by atoms with E-state index >= 15 is 0 Å². The highest BCUT2D eigenvalue weighted by Crippen LogP contribution is 2.28. The molecule has 1 aliphatic rings. The first-order valence-electron chi connectivity index (χ1n) is 15.7. The van der Waals surface area contributed by atoms with Crippen LogP contribution >= 0.6 is 0 Å². The van der Waals surface area contributed by atoms with E-state index in [-0.39, 0.29) is 12.0 Å². The van der Waals surface area contributed by atoms with Crippen LogP contribution in [-0.2, 0) is 9.53 Å². The van der Waals surface area contributed by atoms with Crippen LogP contribution in [0.25, 0.3) is 11.1 Å². The number of carboxylic acid groups (broad SMARTS) is 1. The van der Waals surface area contributed by atoms with Crippen molar-refractivity contribution in [3.05, 3.63) is 78.9 Å². The lowest BCUT2D eigenvalue weighted by atomic mass is 10.0. The van der Waals surface area contributed by atoms with E-state index in [0.717, 1.165) is 67.8 Å². The first-order valence-corrected chi connectivity index (χ1v) is 15.7. The molecule has 0 saturated carbocycles. The highest BCUT2D eigenvalue weighted by atomic mass is 16.6. The van der Waals surface area contributed by atoms with Gasteiger partial charge in [0.05, 0.1) is 5.69 Å². The SMILES string of the molecule is CNc1ccc(N(CCCCCC(=O)N(C)CCN2CCC(OC(=O)Nc3ccccc3-c3ccccc3)CC2)C(=O)O)cc1. The van der Waals surface area contributed by atoms with Gasteiger partial charge in [0.15, 0.2) is 0 Å². The molecule has 3 amide bonds. The zero-order valence-electron chi connectivity index (χ0n) is 26.3. The number of rotatable bonds is 14. The topological polar surface area (TPSA) is 114 Å². The molecule has 3 aromatic carbocycles. The summed E-state index contributed by atoms with van der Waals surface area (Å²) in [6, 6.07) is 24.9. The summed E-state index contributed by atoms with van der Waals surface area (Å²) in [5, 5.41) is 15.6. The average Bonchev–Trinajstić information content (AvgIpc) is 3.06. The Bertz CT molecular complexity index is 1380. The number of hydrogen-bond acceptors (Lipinski definition) is 6. The molecule has 240 valence electrons. The monoisotopic (exact) mass is 615 g/mol. The van der Waals surface area contributed by atoms with Gasteiger partial charge in [0.25, 0.3) is 0 Å². The lowest BCUT2D eigenvalue weighted by Gasteiger charge is -2.32. The summed E-state index contributed by atoms with van der Waals surface area (Å²) in [5.41, 5.74) is 4.25. The van der Waals surface area contributed by atoms with Gasteiger partial charge >= 0.3 is 12.2 Å². The minimum absolute atomic E-state index is 0.0958. The molecule has 1 aliphatic heterocycles. The number of carbonyl (C=O) groups excluding carboxylic acids is 2. The molecule has 0 aliphatic carbocycles. The molecule has 0 spiro atoms. The van der Waals surface area contributed by atoms with Crippen molar-refractivity contribution in [2.45, 2.75) is 44.6 Å². The molecule has 0 unspecified atom stereocenters. The van der Waals surface area contributed by atoms with Crippen LogP contribution in [0.1, 0.15) is 38.5 Å². The van der Waals surface area contributed by atoms with Gasteiger partial charge in [-0.05, 0) is 61.6 Å². The van der Waals surface area contributed by atoms with E-state index in [1.54, 1.807) is 17.0 Å². The number of carbonyl (C=O) groups is 3. The van der Waals surface area contributed by atoms with E-state index in [1.807, 2.05) is 80.8 Å². The van der Waals surface area contributed by atoms with Crippen LogP contribution in [0.4, 0.5) is 26.7 Å². The Morgan fingerprint density at radius 2 is 1.58 bits per heavy atom. The second-order valence-electron chi connectivity index (χ2n) is 11.3. The van der Waals surface area contributed by atoms with Crippen LogP contribution in [0.15, 0.2) is 78.9 Å². The van der Waals surface area contributed by atoms with Gasteiger partial charge in [-0.3, -0.25) is 15.0 Å². The van der Waals surface area contributed by atoms with Crippen molar-refractivity contribution in [2.24, 2.45) is 0 Å². The molecule has 0 bridgehead atoms. The second-order valence-corrected chi connectivity index (χ2v) is 11.3. The van der Waals surface area contributed by atoms with Crippen molar-refractivity contribution in [1.82, 2.24) is 9.80 Å². The van der Waals surface area contributed by atoms with Gasteiger partial charge in [0.1, 0.15) is 6.10 Å². The van der Waals surface area contributed by atoms with Gasteiger partial charge in [-0.1, -0.05) is 55.0 Å². The molecular formula is C35H45N5O5. The average molecular weight is 616 g/mol. The molecule has 3 aromatic rings. The fourth-order valence-corrected chi connectivity index (χ4v) is 5.48. The third-order valence-electron chi connectivity index (χ3n) is 8.21. The molecule has 45 heavy (non-hydrogen) atoms. The number of hydrogen-bond donors (Lipinski definition) is 3. The smallest absolute Gasteiger partial charge is 0.411 e. The summed E-state index contributed by atoms with van der Waals surface area (Å²) in [7, 11) is 3.65. The lowest BCUT2D eigenvalue weighted by Crippen LogP contribution is -2.42. The van der Waals surface area contributed by atoms with E-state index in [0.29, 0.717) is 31.6 Å². The third-order valence-corrected chi connectivity index (χ3v) is 8.21. The Balaban J connectivity index is 1.10. The Hall–Kier alpha value is -4.57. The Labute approximate surface area is 266 Å². The predicted octanol–water partition coefficient (Wildman–Crippen LogP) is 6.61. The van der Waals surface area contributed by atoms with Crippen molar-refractivity contribution < 1.29 is 24.2 Å². The summed E-state index contributed by atoms with van der Waals surface area (Å²) >= 11 is 0. The second kappa shape index (κ2) is 17.1. The number of anilines is 3. The van der Waals surface area contributed by atoms with Gasteiger partial charge in [-0.25, -0.2) is 9.59 Å². The number of likely N-dealkylation sites (N-methyl/N-ethyl adjacent to an activating group) is 1. The van der Waals surface area contributed by atoms with Crippen molar-refractivity contribution in [2.75, 3.05) is 62.4 Å². The first kappa shape index (κ1) is 33.3. The Kier molecular flexibility index (Phi) is 12.6. The fourth-order valence-electron chi connectivity index (χ4n) is 5.48. The van der Waals surface area contributed by atoms with E-state index in [1.165, 1.54) is 4.90 Å². The maximum absolute atomic E-state index is 12.7. The van der Waals surface area contributed by atoms with Gasteiger partial charge in [0, 0.05) is 70.2 Å². The summed E-state index contributed by atoms with van der Waals surface area (Å²) < 4.78 is 5.75. The van der Waals surface area contributed by atoms with Gasteiger partial charge in [0.2, 0.25) is 5.91 Å². The van der Waals surface area contributed by atoms with Gasteiger partial charge in [-0.15, -0.1) is 0 Å². The normalized spacial score (nSPS) is 13.6. The molecule has 0 aromatic heterocycles. The first-order chi connectivity index (χ1) is 21.8. The minimum atomic E-state index is -0.980. The van der Waals surface area contributed by atoms with E-state index < -0.39 is 12.2 Å². The highest BCUT2D eigenvalue weighted by molar-refractivity contribution is 5.91. The number of unbranched alkanes of at least 4 members (excludes halogenated alkanes) is 2. The summed E-state index contributed by atoms with van der Waals surface area (Å²) in [6.45, 7) is 3.40. The molecule has 0 radical (unpaired) electrons. The zero-order chi connectivity index (χ0) is 32.0.